The van der Waals surface area contributed by atoms with Crippen LogP contribution in [0.15, 0.2) is 77.2 Å². The summed E-state index contributed by atoms with van der Waals surface area (Å²) in [5, 5.41) is 5.05. The van der Waals surface area contributed by atoms with E-state index in [0.717, 1.165) is 11.2 Å². The van der Waals surface area contributed by atoms with E-state index in [-0.39, 0.29) is 5.41 Å². The molecule has 4 aromatic carbocycles. The number of hydrogen-bond donors (Lipinski definition) is 0. The molecular formula is C25H18O. The van der Waals surface area contributed by atoms with E-state index in [1.54, 1.807) is 0 Å². The van der Waals surface area contributed by atoms with Crippen LogP contribution in [-0.2, 0) is 5.41 Å². The summed E-state index contributed by atoms with van der Waals surface area (Å²) in [6.45, 7) is 4.68. The smallest absolute Gasteiger partial charge is 0.136 e. The Labute approximate surface area is 151 Å². The molecule has 0 spiro atoms. The maximum atomic E-state index is 6.09. The van der Waals surface area contributed by atoms with Gasteiger partial charge in [-0.1, -0.05) is 74.5 Å². The fourth-order valence-corrected chi connectivity index (χ4v) is 4.92. The minimum absolute atomic E-state index is 0.00134. The highest BCUT2D eigenvalue weighted by Crippen LogP contribution is 2.52. The summed E-state index contributed by atoms with van der Waals surface area (Å²) in [4.78, 5) is 0. The molecule has 0 atom stereocenters. The van der Waals surface area contributed by atoms with Crippen LogP contribution in [0, 0.1) is 0 Å². The van der Waals surface area contributed by atoms with Crippen molar-refractivity contribution in [2.24, 2.45) is 0 Å². The van der Waals surface area contributed by atoms with Crippen LogP contribution in [0.3, 0.4) is 0 Å². The molecule has 1 aliphatic rings. The van der Waals surface area contributed by atoms with Crippen molar-refractivity contribution in [2.75, 3.05) is 0 Å². The summed E-state index contributed by atoms with van der Waals surface area (Å²) >= 11 is 0. The number of rotatable bonds is 0. The van der Waals surface area contributed by atoms with Crippen LogP contribution >= 0.6 is 0 Å². The monoisotopic (exact) mass is 334 g/mol. The fourth-order valence-electron chi connectivity index (χ4n) is 4.92. The van der Waals surface area contributed by atoms with Crippen LogP contribution in [0.2, 0.25) is 0 Å². The lowest BCUT2D eigenvalue weighted by molar-refractivity contribution is 0.665. The van der Waals surface area contributed by atoms with Crippen LogP contribution in [0.25, 0.3) is 43.8 Å². The third-order valence-corrected chi connectivity index (χ3v) is 6.05. The van der Waals surface area contributed by atoms with E-state index >= 15 is 0 Å². The standard InChI is InChI=1S/C25H18O/c1-25(2)20-9-5-3-7-15(20)17-12-11-16-18(24(17)25)13-14-22-23(16)19-8-4-6-10-21(19)26-22/h3-14H,1-2H3. The van der Waals surface area contributed by atoms with Gasteiger partial charge in [-0.05, 0) is 45.2 Å². The predicted octanol–water partition coefficient (Wildman–Crippen LogP) is 7.05. The molecule has 0 radical (unpaired) electrons. The van der Waals surface area contributed by atoms with Crippen molar-refractivity contribution in [1.82, 2.24) is 0 Å². The topological polar surface area (TPSA) is 13.1 Å². The van der Waals surface area contributed by atoms with Gasteiger partial charge in [-0.3, -0.25) is 0 Å². The van der Waals surface area contributed by atoms with Crippen LogP contribution in [0.4, 0.5) is 0 Å². The van der Waals surface area contributed by atoms with Gasteiger partial charge in [-0.2, -0.15) is 0 Å². The molecule has 0 amide bonds. The number of hydrogen-bond acceptors (Lipinski definition) is 1. The summed E-state index contributed by atoms with van der Waals surface area (Å²) < 4.78 is 6.09. The Bertz CT molecular complexity index is 1350. The van der Waals surface area contributed by atoms with Crippen molar-refractivity contribution in [3.8, 4) is 11.1 Å². The molecule has 0 unspecified atom stereocenters. The summed E-state index contributed by atoms with van der Waals surface area (Å²) in [6.07, 6.45) is 0. The molecule has 6 rings (SSSR count). The maximum Gasteiger partial charge on any atom is 0.136 e. The van der Waals surface area contributed by atoms with Crippen LogP contribution in [0.1, 0.15) is 25.0 Å². The van der Waals surface area contributed by atoms with Gasteiger partial charge in [0, 0.05) is 16.2 Å². The second-order valence-electron chi connectivity index (χ2n) is 7.79. The third-order valence-electron chi connectivity index (χ3n) is 6.05. The minimum Gasteiger partial charge on any atom is -0.456 e. The number of furan rings is 1. The number of fused-ring (bicyclic) bond motifs is 9. The van der Waals surface area contributed by atoms with E-state index in [9.17, 15) is 0 Å². The highest BCUT2D eigenvalue weighted by atomic mass is 16.3. The van der Waals surface area contributed by atoms with Gasteiger partial charge >= 0.3 is 0 Å². The van der Waals surface area contributed by atoms with Gasteiger partial charge in [0.2, 0.25) is 0 Å². The molecule has 0 N–H and O–H groups in total. The van der Waals surface area contributed by atoms with E-state index in [2.05, 4.69) is 74.5 Å². The Kier molecular flexibility index (Phi) is 2.48. The zero-order valence-corrected chi connectivity index (χ0v) is 14.8. The molecule has 1 heterocycles. The molecule has 0 bridgehead atoms. The van der Waals surface area contributed by atoms with Gasteiger partial charge in [-0.25, -0.2) is 0 Å². The number of benzene rings is 4. The quantitative estimate of drug-likeness (QED) is 0.296. The summed E-state index contributed by atoms with van der Waals surface area (Å²) in [7, 11) is 0. The second-order valence-corrected chi connectivity index (χ2v) is 7.79. The number of para-hydroxylation sites is 1. The van der Waals surface area contributed by atoms with Gasteiger partial charge < -0.3 is 4.42 Å². The molecule has 0 saturated carbocycles. The van der Waals surface area contributed by atoms with Crippen molar-refractivity contribution in [3.63, 3.8) is 0 Å². The summed E-state index contributed by atoms with van der Waals surface area (Å²) in [5.74, 6) is 0. The fraction of sp³-hybridized carbons (Fsp3) is 0.120. The van der Waals surface area contributed by atoms with E-state index < -0.39 is 0 Å². The minimum atomic E-state index is -0.00134. The molecular weight excluding hydrogens is 316 g/mol. The molecule has 26 heavy (non-hydrogen) atoms. The first kappa shape index (κ1) is 14.1. The van der Waals surface area contributed by atoms with E-state index in [1.807, 2.05) is 12.1 Å². The maximum absolute atomic E-state index is 6.09. The van der Waals surface area contributed by atoms with Gasteiger partial charge in [0.25, 0.3) is 0 Å². The van der Waals surface area contributed by atoms with Crippen LogP contribution in [-0.4, -0.2) is 0 Å². The average Bonchev–Trinajstić information content (AvgIpc) is 3.16. The Morgan fingerprint density at radius 2 is 1.38 bits per heavy atom. The Morgan fingerprint density at radius 3 is 2.31 bits per heavy atom. The first-order chi connectivity index (χ1) is 12.7. The van der Waals surface area contributed by atoms with Gasteiger partial charge in [0.05, 0.1) is 0 Å². The van der Waals surface area contributed by atoms with E-state index in [0.29, 0.717) is 0 Å². The van der Waals surface area contributed by atoms with Gasteiger partial charge in [0.1, 0.15) is 11.2 Å². The second kappa shape index (κ2) is 4.56. The highest BCUT2D eigenvalue weighted by molar-refractivity contribution is 6.20. The summed E-state index contributed by atoms with van der Waals surface area (Å²) in [6, 6.07) is 26.1. The Morgan fingerprint density at radius 1 is 0.615 bits per heavy atom. The molecule has 1 aliphatic carbocycles. The zero-order chi connectivity index (χ0) is 17.5. The Hall–Kier alpha value is -3.06. The van der Waals surface area contributed by atoms with E-state index in [4.69, 9.17) is 4.42 Å². The van der Waals surface area contributed by atoms with Crippen molar-refractivity contribution in [2.45, 2.75) is 19.3 Å². The largest absolute Gasteiger partial charge is 0.456 e. The lowest BCUT2D eigenvalue weighted by Gasteiger charge is -2.23. The highest BCUT2D eigenvalue weighted by Gasteiger charge is 2.36. The normalized spacial score (nSPS) is 14.8. The van der Waals surface area contributed by atoms with Crippen LogP contribution in [0.5, 0.6) is 0 Å². The van der Waals surface area contributed by atoms with Crippen molar-refractivity contribution in [3.05, 3.63) is 83.9 Å². The SMILES string of the molecule is CC1(C)c2ccccc2-c2ccc3c(ccc4oc5ccccc5c43)c21. The van der Waals surface area contributed by atoms with E-state index in [1.165, 1.54) is 43.8 Å². The molecule has 0 fully saturated rings. The lowest BCUT2D eigenvalue weighted by atomic mass is 9.80. The van der Waals surface area contributed by atoms with Crippen molar-refractivity contribution >= 4 is 32.7 Å². The molecule has 0 aliphatic heterocycles. The van der Waals surface area contributed by atoms with Gasteiger partial charge in [0.15, 0.2) is 0 Å². The average molecular weight is 334 g/mol. The lowest BCUT2D eigenvalue weighted by Crippen LogP contribution is -2.15. The van der Waals surface area contributed by atoms with Crippen molar-refractivity contribution < 1.29 is 4.42 Å². The molecule has 124 valence electrons. The first-order valence-electron chi connectivity index (χ1n) is 9.13. The zero-order valence-electron chi connectivity index (χ0n) is 14.8. The molecule has 1 nitrogen and oxygen atoms in total. The van der Waals surface area contributed by atoms with Crippen LogP contribution < -0.4 is 0 Å². The third kappa shape index (κ3) is 1.56. The summed E-state index contributed by atoms with van der Waals surface area (Å²) in [5.41, 5.74) is 7.50. The molecule has 1 heteroatoms. The predicted molar refractivity (Wildman–Crippen MR) is 109 cm³/mol. The van der Waals surface area contributed by atoms with Crippen molar-refractivity contribution in [1.29, 1.82) is 0 Å². The molecule has 1 aromatic heterocycles. The first-order valence-corrected chi connectivity index (χ1v) is 9.13. The van der Waals surface area contributed by atoms with Gasteiger partial charge in [-0.15, -0.1) is 0 Å². The Balaban J connectivity index is 1.82. The molecule has 0 saturated heterocycles. The molecule has 5 aromatic rings.